The molecule has 5 fully saturated rings. The molecule has 6 aliphatic rings. The first-order valence-corrected chi connectivity index (χ1v) is 10.1. The number of carbonyl (C=O) groups excluding carboxylic acids is 1. The van der Waals surface area contributed by atoms with Crippen LogP contribution in [0.15, 0.2) is 18.2 Å². The molecule has 0 atom stereocenters. The summed E-state index contributed by atoms with van der Waals surface area (Å²) in [5, 5.41) is 4.31. The molecule has 5 nitrogen and oxygen atoms in total. The van der Waals surface area contributed by atoms with E-state index in [2.05, 4.69) is 16.1 Å². The maximum atomic E-state index is 13.2. The Kier molecular flexibility index (Phi) is 2.84. The normalized spacial score (nSPS) is 38.7. The monoisotopic (exact) mass is 354 g/mol. The molecule has 138 valence electrons. The van der Waals surface area contributed by atoms with Crippen LogP contribution >= 0.6 is 0 Å². The number of ether oxygens (including phenoxy) is 2. The number of anilines is 1. The standard InChI is InChI=1S/C21H26N2O3/c1-21(2)20(24)22(18-14-7-12-6-13(9-14)10-15(18)8-12)23(21)16-4-3-5-17-19(16)26-11-25-17/h3-5,12-15,18H,6-11H2,1-2H3. The van der Waals surface area contributed by atoms with E-state index < -0.39 is 5.54 Å². The number of hydrogen-bond acceptors (Lipinski definition) is 4. The Hall–Kier alpha value is -1.91. The van der Waals surface area contributed by atoms with Gasteiger partial charge < -0.3 is 9.47 Å². The molecule has 1 saturated heterocycles. The predicted molar refractivity (Wildman–Crippen MR) is 96.8 cm³/mol. The van der Waals surface area contributed by atoms with Gasteiger partial charge in [0.05, 0.1) is 6.04 Å². The summed E-state index contributed by atoms with van der Waals surface area (Å²) in [6.07, 6.45) is 6.66. The third-order valence-electron chi connectivity index (χ3n) is 7.54. The molecule has 0 unspecified atom stereocenters. The van der Waals surface area contributed by atoms with Crippen molar-refractivity contribution >= 4 is 11.6 Å². The Morgan fingerprint density at radius 3 is 2.38 bits per heavy atom. The van der Waals surface area contributed by atoms with E-state index in [0.717, 1.165) is 29.0 Å². The maximum Gasteiger partial charge on any atom is 0.268 e. The number of carbonyl (C=O) groups is 1. The van der Waals surface area contributed by atoms with Crippen LogP contribution in [0.2, 0.25) is 0 Å². The van der Waals surface area contributed by atoms with Gasteiger partial charge in [0.2, 0.25) is 6.79 Å². The first-order valence-electron chi connectivity index (χ1n) is 10.1. The highest BCUT2D eigenvalue weighted by atomic mass is 16.7. The molecule has 7 rings (SSSR count). The average molecular weight is 354 g/mol. The molecule has 1 aromatic carbocycles. The fourth-order valence-electron chi connectivity index (χ4n) is 6.75. The fourth-order valence-corrected chi connectivity index (χ4v) is 6.75. The Balaban J connectivity index is 1.41. The molecule has 26 heavy (non-hydrogen) atoms. The molecular weight excluding hydrogens is 328 g/mol. The highest BCUT2D eigenvalue weighted by molar-refractivity contribution is 5.99. The van der Waals surface area contributed by atoms with Crippen LogP contribution in [0.3, 0.4) is 0 Å². The number of rotatable bonds is 2. The number of fused-ring (bicyclic) bond motifs is 1. The zero-order valence-corrected chi connectivity index (χ0v) is 15.5. The van der Waals surface area contributed by atoms with Gasteiger partial charge in [-0.3, -0.25) is 9.80 Å². The van der Waals surface area contributed by atoms with E-state index in [0.29, 0.717) is 17.9 Å². The van der Waals surface area contributed by atoms with Crippen molar-refractivity contribution < 1.29 is 14.3 Å². The molecule has 0 spiro atoms. The van der Waals surface area contributed by atoms with Crippen molar-refractivity contribution in [2.24, 2.45) is 23.7 Å². The smallest absolute Gasteiger partial charge is 0.268 e. The first kappa shape index (κ1) is 15.2. The Labute approximate surface area is 154 Å². The van der Waals surface area contributed by atoms with Crippen LogP contribution in [0.4, 0.5) is 5.69 Å². The van der Waals surface area contributed by atoms with E-state index in [4.69, 9.17) is 9.47 Å². The SMILES string of the molecule is CC1(C)C(=O)N(C2C3CC4CC(C3)CC2C4)N1c1cccc2c1OCO2. The van der Waals surface area contributed by atoms with Crippen molar-refractivity contribution in [1.82, 2.24) is 5.01 Å². The van der Waals surface area contributed by atoms with Crippen LogP contribution in [0, 0.1) is 23.7 Å². The first-order chi connectivity index (χ1) is 12.5. The van der Waals surface area contributed by atoms with Crippen LogP contribution in [0.5, 0.6) is 11.5 Å². The second kappa shape index (κ2) is 4.87. The van der Waals surface area contributed by atoms with Crippen molar-refractivity contribution in [3.63, 3.8) is 0 Å². The van der Waals surface area contributed by atoms with E-state index in [1.165, 1.54) is 32.1 Å². The molecule has 1 aromatic rings. The molecule has 4 bridgehead atoms. The quantitative estimate of drug-likeness (QED) is 0.814. The van der Waals surface area contributed by atoms with Gasteiger partial charge in [0.1, 0.15) is 11.2 Å². The molecule has 2 aliphatic heterocycles. The summed E-state index contributed by atoms with van der Waals surface area (Å²) < 4.78 is 11.3. The van der Waals surface area contributed by atoms with Gasteiger partial charge in [0.15, 0.2) is 11.5 Å². The van der Waals surface area contributed by atoms with Crippen LogP contribution in [-0.4, -0.2) is 29.3 Å². The lowest BCUT2D eigenvalue weighted by Crippen LogP contribution is -2.80. The van der Waals surface area contributed by atoms with Gasteiger partial charge in [-0.05, 0) is 81.8 Å². The highest BCUT2D eigenvalue weighted by Crippen LogP contribution is 2.58. The summed E-state index contributed by atoms with van der Waals surface area (Å²) >= 11 is 0. The zero-order valence-electron chi connectivity index (χ0n) is 15.5. The average Bonchev–Trinajstić information content (AvgIpc) is 3.08. The molecular formula is C21H26N2O3. The van der Waals surface area contributed by atoms with Crippen LogP contribution in [-0.2, 0) is 4.79 Å². The second-order valence-corrected chi connectivity index (χ2v) is 9.45. The van der Waals surface area contributed by atoms with E-state index in [1.54, 1.807) is 0 Å². The van der Waals surface area contributed by atoms with E-state index in [9.17, 15) is 4.79 Å². The minimum atomic E-state index is -0.532. The highest BCUT2D eigenvalue weighted by Gasteiger charge is 2.61. The third-order valence-corrected chi connectivity index (χ3v) is 7.54. The fraction of sp³-hybridized carbons (Fsp3) is 0.667. The van der Waals surface area contributed by atoms with Crippen LogP contribution < -0.4 is 14.5 Å². The molecule has 4 saturated carbocycles. The molecule has 2 heterocycles. The van der Waals surface area contributed by atoms with E-state index in [1.807, 2.05) is 26.0 Å². The van der Waals surface area contributed by atoms with Gasteiger partial charge in [0, 0.05) is 0 Å². The zero-order chi connectivity index (χ0) is 17.6. The van der Waals surface area contributed by atoms with Gasteiger partial charge in [-0.25, -0.2) is 5.01 Å². The van der Waals surface area contributed by atoms with Gasteiger partial charge in [-0.2, -0.15) is 0 Å². The second-order valence-electron chi connectivity index (χ2n) is 9.45. The third kappa shape index (κ3) is 1.79. The predicted octanol–water partition coefficient (Wildman–Crippen LogP) is 3.58. The molecule has 0 radical (unpaired) electrons. The number of hydrazine groups is 1. The number of para-hydroxylation sites is 1. The Bertz CT molecular complexity index is 761. The van der Waals surface area contributed by atoms with Crippen LogP contribution in [0.25, 0.3) is 0 Å². The van der Waals surface area contributed by atoms with Crippen molar-refractivity contribution in [3.05, 3.63) is 18.2 Å². The molecule has 4 aliphatic carbocycles. The Morgan fingerprint density at radius 1 is 1.00 bits per heavy atom. The number of hydrogen-bond donors (Lipinski definition) is 0. The summed E-state index contributed by atoms with van der Waals surface area (Å²) in [5.41, 5.74) is 0.439. The summed E-state index contributed by atoms with van der Waals surface area (Å²) in [6, 6.07) is 6.36. The lowest BCUT2D eigenvalue weighted by Gasteiger charge is -2.65. The Morgan fingerprint density at radius 2 is 1.69 bits per heavy atom. The van der Waals surface area contributed by atoms with E-state index >= 15 is 0 Å². The topological polar surface area (TPSA) is 42.0 Å². The number of nitrogens with zero attached hydrogens (tertiary/aromatic N) is 2. The number of benzene rings is 1. The number of amides is 1. The van der Waals surface area contributed by atoms with E-state index in [-0.39, 0.29) is 12.7 Å². The van der Waals surface area contributed by atoms with Crippen molar-refractivity contribution in [1.29, 1.82) is 0 Å². The van der Waals surface area contributed by atoms with Gasteiger partial charge in [0.25, 0.3) is 5.91 Å². The van der Waals surface area contributed by atoms with Crippen LogP contribution in [0.1, 0.15) is 46.0 Å². The lowest BCUT2D eigenvalue weighted by atomic mass is 9.53. The summed E-state index contributed by atoms with van der Waals surface area (Å²) in [7, 11) is 0. The summed E-state index contributed by atoms with van der Waals surface area (Å²) in [5.74, 6) is 4.97. The molecule has 1 amide bonds. The lowest BCUT2D eigenvalue weighted by molar-refractivity contribution is -0.170. The summed E-state index contributed by atoms with van der Waals surface area (Å²) in [6.45, 7) is 4.31. The van der Waals surface area contributed by atoms with Gasteiger partial charge in [-0.1, -0.05) is 6.07 Å². The minimum Gasteiger partial charge on any atom is -0.454 e. The molecule has 0 N–H and O–H groups in total. The molecule has 0 aromatic heterocycles. The molecule has 5 heteroatoms. The van der Waals surface area contributed by atoms with Gasteiger partial charge >= 0.3 is 0 Å². The maximum absolute atomic E-state index is 13.2. The summed E-state index contributed by atoms with van der Waals surface area (Å²) in [4.78, 5) is 13.2. The van der Waals surface area contributed by atoms with Crippen molar-refractivity contribution in [2.45, 2.75) is 57.5 Å². The van der Waals surface area contributed by atoms with Gasteiger partial charge in [-0.15, -0.1) is 0 Å². The van der Waals surface area contributed by atoms with Crippen molar-refractivity contribution in [3.8, 4) is 11.5 Å². The largest absolute Gasteiger partial charge is 0.454 e. The van der Waals surface area contributed by atoms with Crippen molar-refractivity contribution in [2.75, 3.05) is 11.8 Å². The minimum absolute atomic E-state index is 0.256.